The van der Waals surface area contributed by atoms with Gasteiger partial charge in [0.1, 0.15) is 22.3 Å². The van der Waals surface area contributed by atoms with Crippen LogP contribution in [0.1, 0.15) is 94.5 Å². The number of furan rings is 2. The van der Waals surface area contributed by atoms with Gasteiger partial charge in [-0.05, 0) is 143 Å². The summed E-state index contributed by atoms with van der Waals surface area (Å²) in [5.74, 6) is 0. The Morgan fingerprint density at radius 1 is 0.281 bits per heavy atom. The van der Waals surface area contributed by atoms with E-state index in [0.29, 0.717) is 0 Å². The van der Waals surface area contributed by atoms with Crippen LogP contribution >= 0.6 is 0 Å². The third-order valence-corrected chi connectivity index (χ3v) is 21.1. The van der Waals surface area contributed by atoms with Crippen molar-refractivity contribution in [1.29, 1.82) is 0 Å². The number of para-hydroxylation sites is 3. The van der Waals surface area contributed by atoms with Crippen molar-refractivity contribution in [3.8, 4) is 44.5 Å². The normalized spacial score (nSPS) is 15.3. The smallest absolute Gasteiger partial charge is 0.144 e. The van der Waals surface area contributed by atoms with Crippen LogP contribution in [0.4, 0.5) is 17.1 Å². The Hall–Kier alpha value is -10.7. The lowest BCUT2D eigenvalue weighted by Crippen LogP contribution is -2.32. The van der Waals surface area contributed by atoms with Gasteiger partial charge in [0.2, 0.25) is 0 Å². The maximum Gasteiger partial charge on any atom is 0.144 e. The van der Waals surface area contributed by atoms with Gasteiger partial charge in [-0.1, -0.05) is 270 Å². The molecule has 2 aromatic heterocycles. The van der Waals surface area contributed by atoms with E-state index in [-0.39, 0.29) is 0 Å². The van der Waals surface area contributed by atoms with Crippen LogP contribution in [0.5, 0.6) is 0 Å². The summed E-state index contributed by atoms with van der Waals surface area (Å²) >= 11 is 0. The molecular weight excluding hydrogens is 1080 g/mol. The van der Waals surface area contributed by atoms with E-state index in [2.05, 4.69) is 318 Å². The first-order valence-corrected chi connectivity index (χ1v) is 31.3. The maximum atomic E-state index is 7.37. The number of hydrogen-bond acceptors (Lipinski definition) is 3. The third kappa shape index (κ3) is 6.27. The molecule has 4 aliphatic carbocycles. The molecule has 0 saturated carbocycles. The monoisotopic (exact) mass is 1140 g/mol. The van der Waals surface area contributed by atoms with E-state index in [1.54, 1.807) is 0 Å². The molecule has 13 aromatic carbocycles. The van der Waals surface area contributed by atoms with Crippen LogP contribution in [0.15, 0.2) is 294 Å². The van der Waals surface area contributed by atoms with Crippen molar-refractivity contribution in [2.75, 3.05) is 4.90 Å². The van der Waals surface area contributed by atoms with E-state index >= 15 is 0 Å². The van der Waals surface area contributed by atoms with Gasteiger partial charge in [0.25, 0.3) is 0 Å². The summed E-state index contributed by atoms with van der Waals surface area (Å²) in [4.78, 5) is 2.56. The minimum absolute atomic E-state index is 0.508. The van der Waals surface area contributed by atoms with Gasteiger partial charge in [0.15, 0.2) is 0 Å². The molecule has 420 valence electrons. The first-order chi connectivity index (χ1) is 43.7. The fourth-order valence-corrected chi connectivity index (χ4v) is 17.8. The summed E-state index contributed by atoms with van der Waals surface area (Å²) in [7, 11) is 0. The highest BCUT2D eigenvalue weighted by atomic mass is 16.3. The van der Waals surface area contributed by atoms with Crippen molar-refractivity contribution in [3.05, 3.63) is 352 Å². The van der Waals surface area contributed by atoms with Crippen LogP contribution in [-0.4, -0.2) is 0 Å². The summed E-state index contributed by atoms with van der Waals surface area (Å²) in [5.41, 5.74) is 29.7. The van der Waals surface area contributed by atoms with Crippen molar-refractivity contribution in [3.63, 3.8) is 0 Å². The predicted molar refractivity (Wildman–Crippen MR) is 365 cm³/mol. The minimum atomic E-state index is -0.684. The van der Waals surface area contributed by atoms with E-state index in [1.165, 1.54) is 122 Å². The molecule has 0 N–H and O–H groups in total. The molecule has 0 saturated heterocycles. The quantitative estimate of drug-likeness (QED) is 0.159. The topological polar surface area (TPSA) is 29.5 Å². The SMILES string of the molecule is CC1(C)c2cc(N(c3ccccc3)c3cccc4c3C(C)(C)c3c5c(c6oc7ccccc7c6c3-4)-c3ccccc3C5(c3ccccc3)c3ccccc3)ccc2-c2c1c1c(c3oc4ccccc4c23)-c2ccccc2C1(c1ccccc1)c1ccccc1. The average molecular weight is 1140 g/mol. The highest BCUT2D eigenvalue weighted by molar-refractivity contribution is 6.23. The number of nitrogens with zero attached hydrogens (tertiary/aromatic N) is 1. The lowest BCUT2D eigenvalue weighted by Gasteiger charge is -2.38. The Labute approximate surface area is 517 Å². The largest absolute Gasteiger partial charge is 0.455 e. The van der Waals surface area contributed by atoms with E-state index in [4.69, 9.17) is 8.83 Å². The zero-order valence-electron chi connectivity index (χ0n) is 49.9. The molecule has 2 heterocycles. The van der Waals surface area contributed by atoms with Gasteiger partial charge in [0.05, 0.1) is 16.5 Å². The number of anilines is 3. The molecule has 0 amide bonds. The molecule has 0 spiro atoms. The van der Waals surface area contributed by atoms with E-state index in [9.17, 15) is 0 Å². The molecule has 0 fully saturated rings. The van der Waals surface area contributed by atoms with Gasteiger partial charge >= 0.3 is 0 Å². The second-order valence-corrected chi connectivity index (χ2v) is 26.0. The zero-order valence-corrected chi connectivity index (χ0v) is 49.9. The molecule has 0 radical (unpaired) electrons. The van der Waals surface area contributed by atoms with Crippen molar-refractivity contribution >= 4 is 60.9 Å². The maximum absolute atomic E-state index is 7.37. The Morgan fingerprint density at radius 3 is 1.17 bits per heavy atom. The molecule has 3 heteroatoms. The molecular formula is C86H59NO2. The first-order valence-electron chi connectivity index (χ1n) is 31.3. The third-order valence-electron chi connectivity index (χ3n) is 21.1. The molecule has 3 nitrogen and oxygen atoms in total. The second-order valence-electron chi connectivity index (χ2n) is 26.0. The molecule has 4 aliphatic rings. The van der Waals surface area contributed by atoms with E-state index in [1.807, 2.05) is 0 Å². The van der Waals surface area contributed by atoms with Gasteiger partial charge in [-0.2, -0.15) is 0 Å². The first kappa shape index (κ1) is 50.4. The summed E-state index contributed by atoms with van der Waals surface area (Å²) in [6, 6.07) is 106. The van der Waals surface area contributed by atoms with Crippen LogP contribution in [0.2, 0.25) is 0 Å². The molecule has 15 aromatic rings. The number of rotatable bonds is 7. The van der Waals surface area contributed by atoms with E-state index in [0.717, 1.165) is 50.2 Å². The summed E-state index contributed by atoms with van der Waals surface area (Å²) in [5, 5.41) is 4.61. The van der Waals surface area contributed by atoms with Crippen molar-refractivity contribution in [2.24, 2.45) is 0 Å². The standard InChI is InChI=1S/C86H59NO2/c1-83(2)66-51-57(49-50-60(66)70-72-61-41-22-26-47-68(61)88-81(72)74-58-39-20-24-44-64(58)85(79(74)77(70)83,52-29-10-5-11-30-52)53-31-12-6-13-32-53)87(56-37-18-9-19-38-56)67-46-28-43-63-71-73-62-42-23-27-48-69(62)89-82(73)75-59-40-21-25-45-65(59)86(54-33-14-7-15-34-54,55-35-16-8-17-36-55)80(75)78(71)84(3,4)76(63)67/h5-51H,1-4H3. The van der Waals surface area contributed by atoms with Crippen LogP contribution in [0.3, 0.4) is 0 Å². The highest BCUT2D eigenvalue weighted by Crippen LogP contribution is 2.70. The molecule has 0 atom stereocenters. The van der Waals surface area contributed by atoms with Crippen LogP contribution in [0.25, 0.3) is 88.4 Å². The predicted octanol–water partition coefficient (Wildman–Crippen LogP) is 22.3. The summed E-state index contributed by atoms with van der Waals surface area (Å²) in [6.07, 6.45) is 0. The lowest BCUT2D eigenvalue weighted by atomic mass is 9.63. The Morgan fingerprint density at radius 2 is 0.674 bits per heavy atom. The summed E-state index contributed by atoms with van der Waals surface area (Å²) < 4.78 is 14.7. The fraction of sp³-hybridized carbons (Fsp3) is 0.0930. The van der Waals surface area contributed by atoms with Gasteiger partial charge < -0.3 is 13.7 Å². The molecule has 0 bridgehead atoms. The van der Waals surface area contributed by atoms with Gasteiger partial charge in [0, 0.05) is 54.9 Å². The lowest BCUT2D eigenvalue weighted by molar-refractivity contribution is 0.630. The van der Waals surface area contributed by atoms with Crippen molar-refractivity contribution in [2.45, 2.75) is 49.4 Å². The van der Waals surface area contributed by atoms with Crippen molar-refractivity contribution < 1.29 is 8.83 Å². The van der Waals surface area contributed by atoms with Crippen LogP contribution < -0.4 is 4.90 Å². The Bertz CT molecular complexity index is 5400. The average Bonchev–Trinajstić information content (AvgIpc) is 1.50. The van der Waals surface area contributed by atoms with Gasteiger partial charge in [-0.3, -0.25) is 0 Å². The number of benzene rings is 13. The van der Waals surface area contributed by atoms with Gasteiger partial charge in [-0.25, -0.2) is 0 Å². The molecule has 19 rings (SSSR count). The molecule has 89 heavy (non-hydrogen) atoms. The zero-order chi connectivity index (χ0) is 59.1. The molecule has 0 unspecified atom stereocenters. The minimum Gasteiger partial charge on any atom is -0.455 e. The van der Waals surface area contributed by atoms with Crippen molar-refractivity contribution in [1.82, 2.24) is 0 Å². The highest BCUT2D eigenvalue weighted by Gasteiger charge is 2.56. The fourth-order valence-electron chi connectivity index (χ4n) is 17.8. The Balaban J connectivity index is 0.895. The molecule has 0 aliphatic heterocycles. The van der Waals surface area contributed by atoms with Crippen LogP contribution in [0, 0.1) is 0 Å². The van der Waals surface area contributed by atoms with Gasteiger partial charge in [-0.15, -0.1) is 0 Å². The second kappa shape index (κ2) is 17.9. The number of fused-ring (bicyclic) bond motifs is 24. The van der Waals surface area contributed by atoms with Crippen LogP contribution in [-0.2, 0) is 21.7 Å². The Kier molecular flexibility index (Phi) is 10.2. The van der Waals surface area contributed by atoms with E-state index < -0.39 is 21.7 Å². The number of hydrogen-bond donors (Lipinski definition) is 0. The summed E-state index contributed by atoms with van der Waals surface area (Å²) in [6.45, 7) is 9.96.